The van der Waals surface area contributed by atoms with Gasteiger partial charge in [0.05, 0.1) is 12.7 Å². The smallest absolute Gasteiger partial charge is 0.284 e. The summed E-state index contributed by atoms with van der Waals surface area (Å²) in [5.41, 5.74) is 0.338. The van der Waals surface area contributed by atoms with E-state index in [9.17, 15) is 9.18 Å². The van der Waals surface area contributed by atoms with Crippen LogP contribution in [0.25, 0.3) is 11.5 Å². The molecule has 1 aliphatic rings. The van der Waals surface area contributed by atoms with Gasteiger partial charge in [0.25, 0.3) is 11.8 Å². The monoisotopic (exact) mass is 262 g/mol. The Bertz CT molecular complexity index is 635. The predicted octanol–water partition coefficient (Wildman–Crippen LogP) is 2.48. The van der Waals surface area contributed by atoms with Crippen LogP contribution >= 0.6 is 0 Å². The molecule has 5 nitrogen and oxygen atoms in total. The summed E-state index contributed by atoms with van der Waals surface area (Å²) in [7, 11) is 1.46. The molecule has 0 bridgehead atoms. The van der Waals surface area contributed by atoms with Gasteiger partial charge in [-0.1, -0.05) is 0 Å². The van der Waals surface area contributed by atoms with Gasteiger partial charge in [0.1, 0.15) is 11.6 Å². The number of nitrogens with zero attached hydrogens (tertiary/aromatic N) is 2. The van der Waals surface area contributed by atoms with E-state index in [0.717, 1.165) is 12.8 Å². The maximum atomic E-state index is 13.3. The zero-order chi connectivity index (χ0) is 13.4. The van der Waals surface area contributed by atoms with Crippen molar-refractivity contribution in [2.24, 2.45) is 5.92 Å². The first kappa shape index (κ1) is 11.8. The quantitative estimate of drug-likeness (QED) is 0.792. The first-order valence-electron chi connectivity index (χ1n) is 5.90. The van der Waals surface area contributed by atoms with Crippen molar-refractivity contribution in [3.63, 3.8) is 0 Å². The van der Waals surface area contributed by atoms with Crippen LogP contribution in [0.15, 0.2) is 22.6 Å². The molecule has 1 aliphatic carbocycles. The van der Waals surface area contributed by atoms with Crippen molar-refractivity contribution in [1.82, 2.24) is 10.2 Å². The largest absolute Gasteiger partial charge is 0.496 e. The number of carbonyl (C=O) groups excluding carboxylic acids is 1. The number of methoxy groups -OCH3 is 1. The summed E-state index contributed by atoms with van der Waals surface area (Å²) in [4.78, 5) is 11.8. The Balaban J connectivity index is 1.97. The lowest BCUT2D eigenvalue weighted by atomic mass is 10.2. The zero-order valence-electron chi connectivity index (χ0n) is 10.2. The molecule has 0 atom stereocenters. The third-order valence-corrected chi connectivity index (χ3v) is 2.98. The van der Waals surface area contributed by atoms with E-state index >= 15 is 0 Å². The Labute approximate surface area is 108 Å². The van der Waals surface area contributed by atoms with Crippen molar-refractivity contribution in [1.29, 1.82) is 0 Å². The number of rotatable bonds is 4. The molecule has 1 fully saturated rings. The molecule has 1 aromatic carbocycles. The molecule has 0 radical (unpaired) electrons. The molecule has 0 saturated heterocycles. The van der Waals surface area contributed by atoms with Crippen LogP contribution in [0.4, 0.5) is 4.39 Å². The fourth-order valence-electron chi connectivity index (χ4n) is 1.80. The molecule has 0 aliphatic heterocycles. The first-order valence-corrected chi connectivity index (χ1v) is 5.90. The second kappa shape index (κ2) is 4.46. The molecule has 0 N–H and O–H groups in total. The molecule has 0 amide bonds. The number of halogens is 1. The second-order valence-corrected chi connectivity index (χ2v) is 4.40. The average molecular weight is 262 g/mol. The SMILES string of the molecule is COc1ccc(F)cc1-c1nnc(C(=O)C2CC2)o1. The highest BCUT2D eigenvalue weighted by Crippen LogP contribution is 2.34. The minimum Gasteiger partial charge on any atom is -0.496 e. The number of benzene rings is 1. The summed E-state index contributed by atoms with van der Waals surface area (Å²) in [5.74, 6) is -0.111. The number of ketones is 1. The normalized spacial score (nSPS) is 14.4. The fourth-order valence-corrected chi connectivity index (χ4v) is 1.80. The Morgan fingerprint density at radius 2 is 2.21 bits per heavy atom. The molecule has 1 heterocycles. The van der Waals surface area contributed by atoms with Crippen LogP contribution < -0.4 is 4.74 Å². The number of ether oxygens (including phenoxy) is 1. The predicted molar refractivity (Wildman–Crippen MR) is 63.3 cm³/mol. The van der Waals surface area contributed by atoms with Gasteiger partial charge < -0.3 is 9.15 Å². The van der Waals surface area contributed by atoms with E-state index in [2.05, 4.69) is 10.2 Å². The summed E-state index contributed by atoms with van der Waals surface area (Å²) >= 11 is 0. The van der Waals surface area contributed by atoms with Crippen molar-refractivity contribution in [2.45, 2.75) is 12.8 Å². The van der Waals surface area contributed by atoms with Gasteiger partial charge in [-0.05, 0) is 31.0 Å². The van der Waals surface area contributed by atoms with E-state index in [1.54, 1.807) is 0 Å². The summed E-state index contributed by atoms with van der Waals surface area (Å²) in [6.07, 6.45) is 1.72. The third kappa shape index (κ3) is 2.21. The lowest BCUT2D eigenvalue weighted by Crippen LogP contribution is -2.01. The molecule has 1 aromatic heterocycles. The van der Waals surface area contributed by atoms with E-state index in [1.165, 1.54) is 25.3 Å². The van der Waals surface area contributed by atoms with Crippen molar-refractivity contribution < 1.29 is 18.3 Å². The summed E-state index contributed by atoms with van der Waals surface area (Å²) in [6.45, 7) is 0. The van der Waals surface area contributed by atoms with Gasteiger partial charge in [0.2, 0.25) is 5.78 Å². The van der Waals surface area contributed by atoms with Crippen molar-refractivity contribution in [2.75, 3.05) is 7.11 Å². The van der Waals surface area contributed by atoms with E-state index < -0.39 is 5.82 Å². The lowest BCUT2D eigenvalue weighted by molar-refractivity contribution is 0.0934. The van der Waals surface area contributed by atoms with Gasteiger partial charge in [-0.2, -0.15) is 0 Å². The van der Waals surface area contributed by atoms with Crippen LogP contribution in [0.3, 0.4) is 0 Å². The van der Waals surface area contributed by atoms with E-state index in [0.29, 0.717) is 11.3 Å². The van der Waals surface area contributed by atoms with Crippen LogP contribution in [-0.2, 0) is 0 Å². The van der Waals surface area contributed by atoms with Crippen molar-refractivity contribution >= 4 is 5.78 Å². The van der Waals surface area contributed by atoms with Gasteiger partial charge in [-0.15, -0.1) is 10.2 Å². The molecule has 3 rings (SSSR count). The molecule has 2 aromatic rings. The first-order chi connectivity index (χ1) is 9.19. The second-order valence-electron chi connectivity index (χ2n) is 4.40. The molecule has 98 valence electrons. The fraction of sp³-hybridized carbons (Fsp3) is 0.308. The van der Waals surface area contributed by atoms with Gasteiger partial charge in [0, 0.05) is 5.92 Å². The van der Waals surface area contributed by atoms with Gasteiger partial charge in [-0.3, -0.25) is 4.79 Å². The summed E-state index contributed by atoms with van der Waals surface area (Å²) < 4.78 is 23.7. The molecular weight excluding hydrogens is 251 g/mol. The number of Topliss-reactive ketones (excluding diaryl/α,β-unsaturated/α-hetero) is 1. The van der Waals surface area contributed by atoms with Crippen LogP contribution in [0, 0.1) is 11.7 Å². The highest BCUT2D eigenvalue weighted by molar-refractivity contribution is 5.95. The van der Waals surface area contributed by atoms with Crippen LogP contribution in [0.1, 0.15) is 23.5 Å². The summed E-state index contributed by atoms with van der Waals surface area (Å²) in [6, 6.07) is 3.98. The van der Waals surface area contributed by atoms with E-state index in [-0.39, 0.29) is 23.5 Å². The molecule has 0 unspecified atom stereocenters. The molecule has 1 saturated carbocycles. The molecular formula is C13H11FN2O3. The highest BCUT2D eigenvalue weighted by atomic mass is 19.1. The van der Waals surface area contributed by atoms with Crippen molar-refractivity contribution in [3.05, 3.63) is 29.9 Å². The van der Waals surface area contributed by atoms with Gasteiger partial charge in [-0.25, -0.2) is 4.39 Å². The topological polar surface area (TPSA) is 65.2 Å². The number of aromatic nitrogens is 2. The minimum absolute atomic E-state index is 0.00250. The zero-order valence-corrected chi connectivity index (χ0v) is 10.2. The van der Waals surface area contributed by atoms with Crippen molar-refractivity contribution in [3.8, 4) is 17.2 Å². The Kier molecular flexibility index (Phi) is 2.77. The number of carbonyl (C=O) groups is 1. The standard InChI is InChI=1S/C13H11FN2O3/c1-18-10-5-4-8(14)6-9(10)12-15-16-13(19-12)11(17)7-2-3-7/h4-7H,2-3H2,1H3. The molecule has 6 heteroatoms. The van der Waals surface area contributed by atoms with Crippen LogP contribution in [0.5, 0.6) is 5.75 Å². The van der Waals surface area contributed by atoms with Gasteiger partial charge in [0.15, 0.2) is 0 Å². The van der Waals surface area contributed by atoms with E-state index in [1.807, 2.05) is 0 Å². The Morgan fingerprint density at radius 1 is 1.42 bits per heavy atom. The lowest BCUT2D eigenvalue weighted by Gasteiger charge is -2.04. The number of hydrogen-bond acceptors (Lipinski definition) is 5. The van der Waals surface area contributed by atoms with Crippen LogP contribution in [0.2, 0.25) is 0 Å². The van der Waals surface area contributed by atoms with Gasteiger partial charge >= 0.3 is 0 Å². The average Bonchev–Trinajstić information content (AvgIpc) is 3.15. The highest BCUT2D eigenvalue weighted by Gasteiger charge is 2.34. The molecule has 0 spiro atoms. The minimum atomic E-state index is -0.441. The molecule has 19 heavy (non-hydrogen) atoms. The summed E-state index contributed by atoms with van der Waals surface area (Å²) in [5, 5.41) is 7.50. The van der Waals surface area contributed by atoms with Crippen LogP contribution in [-0.4, -0.2) is 23.1 Å². The number of hydrogen-bond donors (Lipinski definition) is 0. The Morgan fingerprint density at radius 3 is 2.89 bits per heavy atom. The maximum absolute atomic E-state index is 13.3. The third-order valence-electron chi connectivity index (χ3n) is 2.98. The maximum Gasteiger partial charge on any atom is 0.284 e. The van der Waals surface area contributed by atoms with E-state index in [4.69, 9.17) is 9.15 Å². The Hall–Kier alpha value is -2.24.